The molecule has 0 aliphatic carbocycles. The molecule has 0 bridgehead atoms. The van der Waals surface area contributed by atoms with Crippen molar-refractivity contribution >= 4 is 29.7 Å². The van der Waals surface area contributed by atoms with E-state index in [9.17, 15) is 14.0 Å². The number of anilines is 2. The molecule has 136 valence electrons. The van der Waals surface area contributed by atoms with Crippen LogP contribution in [0.25, 0.3) is 0 Å². The van der Waals surface area contributed by atoms with Gasteiger partial charge in [0, 0.05) is 13.5 Å². The molecular weight excluding hydrogens is 343 g/mol. The predicted octanol–water partition coefficient (Wildman–Crippen LogP) is 0.833. The first kappa shape index (κ1) is 17.5. The lowest BCUT2D eigenvalue weighted by Gasteiger charge is -2.26. The second kappa shape index (κ2) is 7.26. The zero-order chi connectivity index (χ0) is 18.7. The van der Waals surface area contributed by atoms with Gasteiger partial charge >= 0.3 is 6.09 Å². The van der Waals surface area contributed by atoms with Crippen LogP contribution in [0.3, 0.4) is 0 Å². The van der Waals surface area contributed by atoms with Gasteiger partial charge in [-0.15, -0.1) is 0 Å². The Morgan fingerprint density at radius 2 is 2.31 bits per heavy atom. The zero-order valence-corrected chi connectivity index (χ0v) is 14.1. The van der Waals surface area contributed by atoms with Crippen LogP contribution < -0.4 is 15.1 Å². The average Bonchev–Trinajstić information content (AvgIpc) is 3.01. The van der Waals surface area contributed by atoms with Crippen molar-refractivity contribution < 1.29 is 18.7 Å². The van der Waals surface area contributed by atoms with Crippen LogP contribution in [-0.2, 0) is 9.53 Å². The number of ether oxygens (including phenoxy) is 1. The zero-order valence-electron chi connectivity index (χ0n) is 14.1. The lowest BCUT2D eigenvalue weighted by molar-refractivity contribution is -0.119. The van der Waals surface area contributed by atoms with E-state index in [4.69, 9.17) is 10.00 Å². The molecule has 1 saturated heterocycles. The summed E-state index contributed by atoms with van der Waals surface area (Å²) in [7, 11) is 0. The normalized spacial score (nSPS) is 19.3. The Kier molecular flexibility index (Phi) is 4.88. The van der Waals surface area contributed by atoms with Gasteiger partial charge in [-0.3, -0.25) is 9.69 Å². The standard InChI is InChI=1S/C16H17FN6O3/c1-11(24)19-7-13-8-23(16(25)26-13)12-2-3-15(14(17)6-12)21-4-5-22(9-18)20-10-21/h2-3,6,10,13H,4-5,7-8H2,1H3,(H,19,24)/t13-/m0/s1. The molecule has 0 aromatic heterocycles. The van der Waals surface area contributed by atoms with Crippen molar-refractivity contribution in [2.45, 2.75) is 13.0 Å². The van der Waals surface area contributed by atoms with Gasteiger partial charge in [0.2, 0.25) is 12.1 Å². The maximum absolute atomic E-state index is 14.5. The van der Waals surface area contributed by atoms with Crippen molar-refractivity contribution in [3.05, 3.63) is 24.0 Å². The molecule has 10 heteroatoms. The maximum Gasteiger partial charge on any atom is 0.414 e. The van der Waals surface area contributed by atoms with Gasteiger partial charge in [-0.05, 0) is 18.2 Å². The van der Waals surface area contributed by atoms with Crippen LogP contribution in [0, 0.1) is 17.3 Å². The summed E-state index contributed by atoms with van der Waals surface area (Å²) < 4.78 is 19.7. The van der Waals surface area contributed by atoms with E-state index in [0.29, 0.717) is 24.5 Å². The third-order valence-corrected chi connectivity index (χ3v) is 4.00. The fourth-order valence-corrected chi connectivity index (χ4v) is 2.69. The third kappa shape index (κ3) is 3.66. The third-order valence-electron chi connectivity index (χ3n) is 4.00. The van der Waals surface area contributed by atoms with Gasteiger partial charge in [0.1, 0.15) is 18.3 Å². The van der Waals surface area contributed by atoms with Gasteiger partial charge in [0.25, 0.3) is 0 Å². The quantitative estimate of drug-likeness (QED) is 0.798. The van der Waals surface area contributed by atoms with E-state index in [1.807, 2.05) is 6.19 Å². The Labute approximate surface area is 149 Å². The summed E-state index contributed by atoms with van der Waals surface area (Å²) in [5.74, 6) is -0.731. The number of rotatable bonds is 4. The summed E-state index contributed by atoms with van der Waals surface area (Å²) in [4.78, 5) is 25.9. The van der Waals surface area contributed by atoms with Gasteiger partial charge < -0.3 is 15.0 Å². The summed E-state index contributed by atoms with van der Waals surface area (Å²) in [5, 5.41) is 16.5. The topological polar surface area (TPSA) is 101 Å². The van der Waals surface area contributed by atoms with Crippen LogP contribution in [0.4, 0.5) is 20.6 Å². The maximum atomic E-state index is 14.5. The van der Waals surface area contributed by atoms with Crippen LogP contribution >= 0.6 is 0 Å². The highest BCUT2D eigenvalue weighted by Gasteiger charge is 2.33. The van der Waals surface area contributed by atoms with Crippen molar-refractivity contribution in [3.8, 4) is 6.19 Å². The Bertz CT molecular complexity index is 793. The molecular formula is C16H17FN6O3. The number of amides is 2. The summed E-state index contributed by atoms with van der Waals surface area (Å²) in [6.07, 6.45) is 2.21. The van der Waals surface area contributed by atoms with Crippen molar-refractivity contribution in [3.63, 3.8) is 0 Å². The van der Waals surface area contributed by atoms with Crippen LogP contribution in [0.1, 0.15) is 6.92 Å². The van der Waals surface area contributed by atoms with Gasteiger partial charge in [-0.2, -0.15) is 15.4 Å². The number of halogens is 1. The molecule has 26 heavy (non-hydrogen) atoms. The lowest BCUT2D eigenvalue weighted by Crippen LogP contribution is -2.36. The first-order chi connectivity index (χ1) is 12.5. The van der Waals surface area contributed by atoms with E-state index >= 15 is 0 Å². The number of nitrogens with zero attached hydrogens (tertiary/aromatic N) is 5. The number of carbonyl (C=O) groups excluding carboxylic acids is 2. The highest BCUT2D eigenvalue weighted by atomic mass is 19.1. The average molecular weight is 360 g/mol. The molecule has 2 aliphatic heterocycles. The van der Waals surface area contributed by atoms with Gasteiger partial charge in [-0.1, -0.05) is 0 Å². The number of carbonyl (C=O) groups is 2. The van der Waals surface area contributed by atoms with Crippen LogP contribution in [0.15, 0.2) is 23.3 Å². The number of hydrazone groups is 1. The monoisotopic (exact) mass is 360 g/mol. The minimum atomic E-state index is -0.586. The number of hydrogen-bond acceptors (Lipinski definition) is 7. The molecule has 3 rings (SSSR count). The number of benzene rings is 1. The van der Waals surface area contributed by atoms with E-state index in [1.54, 1.807) is 17.0 Å². The molecule has 2 heterocycles. The van der Waals surface area contributed by atoms with Crippen molar-refractivity contribution in [1.29, 1.82) is 5.26 Å². The van der Waals surface area contributed by atoms with Crippen LogP contribution in [0.5, 0.6) is 0 Å². The number of cyclic esters (lactones) is 1. The predicted molar refractivity (Wildman–Crippen MR) is 90.9 cm³/mol. The Morgan fingerprint density at radius 3 is 2.92 bits per heavy atom. The van der Waals surface area contributed by atoms with E-state index in [1.165, 1.54) is 29.2 Å². The molecule has 2 amide bonds. The minimum absolute atomic E-state index is 0.206. The molecule has 1 aromatic carbocycles. The molecule has 2 aliphatic rings. The summed E-state index contributed by atoms with van der Waals surface area (Å²) in [6, 6.07) is 4.42. The van der Waals surface area contributed by atoms with Crippen LogP contribution in [-0.4, -0.2) is 55.6 Å². The minimum Gasteiger partial charge on any atom is -0.442 e. The molecule has 0 unspecified atom stereocenters. The van der Waals surface area contributed by atoms with Crippen LogP contribution in [0.2, 0.25) is 0 Å². The Hall–Kier alpha value is -3.35. The molecule has 9 nitrogen and oxygen atoms in total. The van der Waals surface area contributed by atoms with Crippen molar-refractivity contribution in [1.82, 2.24) is 10.3 Å². The molecule has 1 atom stereocenters. The van der Waals surface area contributed by atoms with Gasteiger partial charge in [0.05, 0.1) is 31.0 Å². The first-order valence-electron chi connectivity index (χ1n) is 7.98. The van der Waals surface area contributed by atoms with E-state index in [2.05, 4.69) is 10.4 Å². The Balaban J connectivity index is 1.71. The first-order valence-corrected chi connectivity index (χ1v) is 7.98. The highest BCUT2D eigenvalue weighted by molar-refractivity contribution is 5.90. The van der Waals surface area contributed by atoms with E-state index in [-0.39, 0.29) is 19.0 Å². The smallest absolute Gasteiger partial charge is 0.414 e. The molecule has 0 spiro atoms. The van der Waals surface area contributed by atoms with E-state index in [0.717, 1.165) is 0 Å². The summed E-state index contributed by atoms with van der Waals surface area (Å²) >= 11 is 0. The van der Waals surface area contributed by atoms with E-state index < -0.39 is 18.0 Å². The Morgan fingerprint density at radius 1 is 1.50 bits per heavy atom. The van der Waals surface area contributed by atoms with Crippen molar-refractivity contribution in [2.75, 3.05) is 36.0 Å². The molecule has 1 N–H and O–H groups in total. The summed E-state index contributed by atoms with van der Waals surface area (Å²) in [6.45, 7) is 2.58. The number of hydrogen-bond donors (Lipinski definition) is 1. The second-order valence-electron chi connectivity index (χ2n) is 5.84. The fraction of sp³-hybridized carbons (Fsp3) is 0.375. The molecule has 0 radical (unpaired) electrons. The number of nitrogens with one attached hydrogen (secondary N) is 1. The largest absolute Gasteiger partial charge is 0.442 e. The molecule has 0 saturated carbocycles. The van der Waals surface area contributed by atoms with Gasteiger partial charge in [0.15, 0.2) is 0 Å². The summed E-state index contributed by atoms with van der Waals surface area (Å²) in [5.41, 5.74) is 0.673. The molecule has 1 fully saturated rings. The SMILES string of the molecule is CC(=O)NC[C@H]1CN(c2ccc(N3C=NN(C#N)CC3)c(F)c2)C(=O)O1. The van der Waals surface area contributed by atoms with Gasteiger partial charge in [-0.25, -0.2) is 9.18 Å². The van der Waals surface area contributed by atoms with Crippen molar-refractivity contribution in [2.24, 2.45) is 5.10 Å². The fourth-order valence-electron chi connectivity index (χ4n) is 2.69. The number of nitriles is 1. The highest BCUT2D eigenvalue weighted by Crippen LogP contribution is 2.28. The lowest BCUT2D eigenvalue weighted by atomic mass is 10.2. The molecule has 1 aromatic rings. The second-order valence-corrected chi connectivity index (χ2v) is 5.84.